The first-order valence-electron chi connectivity index (χ1n) is 11.8. The van der Waals surface area contributed by atoms with Crippen molar-refractivity contribution in [3.05, 3.63) is 89.1 Å². The van der Waals surface area contributed by atoms with E-state index in [-0.39, 0.29) is 0 Å². The maximum Gasteiger partial charge on any atom is 0.0948 e. The molecule has 3 nitrogen and oxygen atoms in total. The van der Waals surface area contributed by atoms with Crippen LogP contribution < -0.4 is 0 Å². The molecule has 0 spiro atoms. The predicted octanol–water partition coefficient (Wildman–Crippen LogP) is 6.82. The van der Waals surface area contributed by atoms with Gasteiger partial charge in [0.25, 0.3) is 0 Å². The number of hydrogen-bond acceptors (Lipinski definition) is 2. The molecule has 2 aliphatic carbocycles. The number of hydrogen-bond donors (Lipinski definition) is 0. The van der Waals surface area contributed by atoms with Crippen LogP contribution in [0.1, 0.15) is 48.8 Å². The van der Waals surface area contributed by atoms with Crippen LogP contribution in [0.25, 0.3) is 22.3 Å². The highest BCUT2D eigenvalue weighted by atomic mass is 15.0. The van der Waals surface area contributed by atoms with Gasteiger partial charge in [-0.2, -0.15) is 0 Å². The third-order valence-corrected chi connectivity index (χ3v) is 6.73. The van der Waals surface area contributed by atoms with E-state index in [1.54, 1.807) is 0 Å². The number of nitrogens with zero attached hydrogens (tertiary/aromatic N) is 3. The molecule has 0 amide bonds. The number of allylic oxidation sites excluding steroid dienone is 5. The van der Waals surface area contributed by atoms with Crippen LogP contribution in [-0.2, 0) is 19.9 Å². The lowest BCUT2D eigenvalue weighted by Gasteiger charge is -2.14. The second kappa shape index (κ2) is 9.14. The fourth-order valence-electron chi connectivity index (χ4n) is 4.55. The van der Waals surface area contributed by atoms with Crippen molar-refractivity contribution >= 4 is 10.9 Å². The van der Waals surface area contributed by atoms with Gasteiger partial charge in [-0.3, -0.25) is 0 Å². The summed E-state index contributed by atoms with van der Waals surface area (Å²) in [5.74, 6) is 0.954. The van der Waals surface area contributed by atoms with Crippen molar-refractivity contribution in [1.29, 1.82) is 0 Å². The van der Waals surface area contributed by atoms with E-state index in [1.807, 2.05) is 30.2 Å². The number of rotatable bonds is 7. The largest absolute Gasteiger partial charge is 0.332 e. The minimum atomic E-state index is 0.945. The van der Waals surface area contributed by atoms with Crippen LogP contribution in [0, 0.1) is 12.8 Å². The molecule has 2 heterocycles. The smallest absolute Gasteiger partial charge is 0.0948 e. The summed E-state index contributed by atoms with van der Waals surface area (Å²) in [7, 11) is 2.03. The van der Waals surface area contributed by atoms with E-state index in [1.165, 1.54) is 53.3 Å². The lowest BCUT2D eigenvalue weighted by atomic mass is 9.94. The van der Waals surface area contributed by atoms with Gasteiger partial charge in [0.2, 0.25) is 0 Å². The molecular weight excluding hydrogens is 390 g/mol. The molecule has 5 rings (SSSR count). The number of aryl methyl sites for hydroxylation is 4. The third kappa shape index (κ3) is 4.69. The van der Waals surface area contributed by atoms with E-state index in [4.69, 9.17) is 4.98 Å². The Balaban J connectivity index is 1.54. The summed E-state index contributed by atoms with van der Waals surface area (Å²) in [6.45, 7) is 2.24. The zero-order valence-electron chi connectivity index (χ0n) is 19.1. The predicted molar refractivity (Wildman–Crippen MR) is 133 cm³/mol. The Morgan fingerprint density at radius 3 is 2.81 bits per heavy atom. The second-order valence-corrected chi connectivity index (χ2v) is 9.25. The van der Waals surface area contributed by atoms with Crippen molar-refractivity contribution < 1.29 is 0 Å². The summed E-state index contributed by atoms with van der Waals surface area (Å²) in [5.41, 5.74) is 11.9. The molecule has 0 bridgehead atoms. The standard InChI is InChI=1S/C29H31N3/c1-21-16-27-26(17-24(21)14-12-23-10-11-23)25(15-13-22-8-6-4-3-5-7-9-22)18-28(31-27)29-19-30-20-32(29)2/h3,6-9,16-20,23H,4,10-15H2,1-2H3/b8-6-,22-9+. The van der Waals surface area contributed by atoms with Gasteiger partial charge in [-0.25, -0.2) is 9.97 Å². The molecule has 32 heavy (non-hydrogen) atoms. The van der Waals surface area contributed by atoms with Crippen LogP contribution in [-0.4, -0.2) is 14.5 Å². The van der Waals surface area contributed by atoms with Crippen LogP contribution in [0.3, 0.4) is 0 Å². The van der Waals surface area contributed by atoms with Crippen LogP contribution >= 0.6 is 0 Å². The minimum absolute atomic E-state index is 0.945. The molecule has 3 aromatic rings. The van der Waals surface area contributed by atoms with Crippen LogP contribution in [0.5, 0.6) is 0 Å². The van der Waals surface area contributed by atoms with E-state index in [0.717, 1.165) is 42.1 Å². The summed E-state index contributed by atoms with van der Waals surface area (Å²) < 4.78 is 2.05. The zero-order valence-corrected chi connectivity index (χ0v) is 19.1. The zero-order chi connectivity index (χ0) is 21.9. The van der Waals surface area contributed by atoms with Gasteiger partial charge in [0, 0.05) is 12.4 Å². The topological polar surface area (TPSA) is 30.7 Å². The van der Waals surface area contributed by atoms with Gasteiger partial charge in [0.05, 0.1) is 29.4 Å². The Morgan fingerprint density at radius 1 is 1.09 bits per heavy atom. The van der Waals surface area contributed by atoms with Gasteiger partial charge in [-0.1, -0.05) is 31.1 Å². The van der Waals surface area contributed by atoms with Crippen LogP contribution in [0.4, 0.5) is 0 Å². The van der Waals surface area contributed by atoms with Crippen molar-refractivity contribution in [2.45, 2.75) is 51.9 Å². The van der Waals surface area contributed by atoms with E-state index in [0.29, 0.717) is 0 Å². The normalized spacial score (nSPS) is 18.4. The average Bonchev–Trinajstić information content (AvgIpc) is 3.49. The highest BCUT2D eigenvalue weighted by Crippen LogP contribution is 2.35. The monoisotopic (exact) mass is 421 g/mol. The maximum atomic E-state index is 5.06. The number of aromatic nitrogens is 3. The van der Waals surface area contributed by atoms with E-state index in [2.05, 4.69) is 60.1 Å². The summed E-state index contributed by atoms with van der Waals surface area (Å²) >= 11 is 0. The highest BCUT2D eigenvalue weighted by molar-refractivity contribution is 5.86. The summed E-state index contributed by atoms with van der Waals surface area (Å²) in [6, 6.07) is 7.00. The third-order valence-electron chi connectivity index (χ3n) is 6.73. The van der Waals surface area contributed by atoms with E-state index >= 15 is 0 Å². The molecule has 0 radical (unpaired) electrons. The molecule has 0 atom stereocenters. The molecule has 0 saturated heterocycles. The SMILES string of the molecule is Cc1cc2nc(-c3cncn3C)cc(CCC3=C/C=C=CC/C=C\3)c2cc1CCC1CC1. The number of benzene rings is 1. The average molecular weight is 422 g/mol. The second-order valence-electron chi connectivity index (χ2n) is 9.25. The van der Waals surface area contributed by atoms with Crippen molar-refractivity contribution in [2.75, 3.05) is 0 Å². The van der Waals surface area contributed by atoms with Gasteiger partial charge in [0.1, 0.15) is 0 Å². The molecule has 0 aliphatic heterocycles. The molecule has 3 heteroatoms. The summed E-state index contributed by atoms with van der Waals surface area (Å²) in [5, 5.41) is 1.30. The summed E-state index contributed by atoms with van der Waals surface area (Å²) in [4.78, 5) is 9.38. The first kappa shape index (κ1) is 20.7. The Kier molecular flexibility index (Phi) is 5.92. The maximum absolute atomic E-state index is 5.06. The van der Waals surface area contributed by atoms with E-state index in [9.17, 15) is 0 Å². The summed E-state index contributed by atoms with van der Waals surface area (Å²) in [6.07, 6.45) is 22.8. The van der Waals surface area contributed by atoms with Gasteiger partial charge >= 0.3 is 0 Å². The van der Waals surface area contributed by atoms with Gasteiger partial charge in [0.15, 0.2) is 0 Å². The Labute approximate surface area is 190 Å². The van der Waals surface area contributed by atoms with Crippen molar-refractivity contribution in [3.8, 4) is 11.4 Å². The highest BCUT2D eigenvalue weighted by Gasteiger charge is 2.21. The van der Waals surface area contributed by atoms with Gasteiger partial charge < -0.3 is 4.57 Å². The van der Waals surface area contributed by atoms with Crippen molar-refractivity contribution in [2.24, 2.45) is 13.0 Å². The number of pyridine rings is 1. The first-order chi connectivity index (χ1) is 15.7. The van der Waals surface area contributed by atoms with Crippen LogP contribution in [0.2, 0.25) is 0 Å². The molecule has 2 aromatic heterocycles. The van der Waals surface area contributed by atoms with E-state index < -0.39 is 0 Å². The lowest BCUT2D eigenvalue weighted by Crippen LogP contribution is -2.00. The Bertz CT molecular complexity index is 1260. The van der Waals surface area contributed by atoms with Crippen molar-refractivity contribution in [3.63, 3.8) is 0 Å². The molecule has 0 unspecified atom stereocenters. The number of imidazole rings is 1. The molecule has 1 fully saturated rings. The Hall–Kier alpha value is -3.16. The van der Waals surface area contributed by atoms with Crippen molar-refractivity contribution in [1.82, 2.24) is 14.5 Å². The molecule has 1 aromatic carbocycles. The molecule has 2 aliphatic rings. The fourth-order valence-corrected chi connectivity index (χ4v) is 4.55. The quantitative estimate of drug-likeness (QED) is 0.392. The first-order valence-corrected chi connectivity index (χ1v) is 11.8. The molecular formula is C29H31N3. The molecule has 162 valence electrons. The number of fused-ring (bicyclic) bond motifs is 1. The van der Waals surface area contributed by atoms with Gasteiger partial charge in [-0.15, -0.1) is 5.73 Å². The lowest BCUT2D eigenvalue weighted by molar-refractivity contribution is 0.725. The fraction of sp³-hybridized carbons (Fsp3) is 0.345. The molecule has 1 saturated carbocycles. The molecule has 0 N–H and O–H groups in total. The minimum Gasteiger partial charge on any atom is -0.332 e. The van der Waals surface area contributed by atoms with Crippen LogP contribution in [0.15, 0.2) is 72.4 Å². The van der Waals surface area contributed by atoms with Gasteiger partial charge in [-0.05, 0) is 97.6 Å². The Morgan fingerprint density at radius 2 is 2.00 bits per heavy atom.